The van der Waals surface area contributed by atoms with Crippen LogP contribution in [0.3, 0.4) is 0 Å². The Balaban J connectivity index is 1.92. The summed E-state index contributed by atoms with van der Waals surface area (Å²) in [6, 6.07) is 17.9. The van der Waals surface area contributed by atoms with Crippen molar-refractivity contribution in [3.8, 4) is 6.07 Å². The number of hydrogen-bond donors (Lipinski definition) is 1. The van der Waals surface area contributed by atoms with E-state index in [2.05, 4.69) is 24.4 Å². The monoisotopic (exact) mass is 305 g/mol. The van der Waals surface area contributed by atoms with Crippen LogP contribution in [0.2, 0.25) is 0 Å². The lowest BCUT2D eigenvalue weighted by Gasteiger charge is -2.39. The summed E-state index contributed by atoms with van der Waals surface area (Å²) in [5, 5.41) is 12.4. The molecule has 1 aliphatic heterocycles. The Morgan fingerprint density at radius 2 is 1.91 bits per heavy atom. The number of nitriles is 1. The predicted molar refractivity (Wildman–Crippen MR) is 91.2 cm³/mol. The van der Waals surface area contributed by atoms with Gasteiger partial charge in [-0.3, -0.25) is 4.79 Å². The van der Waals surface area contributed by atoms with E-state index in [-0.39, 0.29) is 18.0 Å². The van der Waals surface area contributed by atoms with Crippen LogP contribution in [0, 0.1) is 11.3 Å². The van der Waals surface area contributed by atoms with E-state index < -0.39 is 0 Å². The first-order valence-electron chi connectivity index (χ1n) is 7.75. The van der Waals surface area contributed by atoms with Gasteiger partial charge in [0.15, 0.2) is 0 Å². The fourth-order valence-electron chi connectivity index (χ4n) is 3.27. The van der Waals surface area contributed by atoms with Gasteiger partial charge < -0.3 is 10.2 Å². The molecule has 2 aromatic carbocycles. The van der Waals surface area contributed by atoms with Gasteiger partial charge >= 0.3 is 0 Å². The molecule has 4 heteroatoms. The van der Waals surface area contributed by atoms with Crippen molar-refractivity contribution in [2.24, 2.45) is 0 Å². The van der Waals surface area contributed by atoms with Gasteiger partial charge in [0, 0.05) is 24.3 Å². The van der Waals surface area contributed by atoms with Crippen LogP contribution in [0.4, 0.5) is 11.4 Å². The Morgan fingerprint density at radius 1 is 1.22 bits per heavy atom. The summed E-state index contributed by atoms with van der Waals surface area (Å²) in [7, 11) is 0. The van der Waals surface area contributed by atoms with Crippen LogP contribution in [-0.2, 0) is 4.79 Å². The molecule has 116 valence electrons. The lowest BCUT2D eigenvalue weighted by atomic mass is 9.91. The van der Waals surface area contributed by atoms with Gasteiger partial charge in [-0.25, -0.2) is 0 Å². The quantitative estimate of drug-likeness (QED) is 0.916. The van der Waals surface area contributed by atoms with Gasteiger partial charge in [0.2, 0.25) is 5.91 Å². The highest BCUT2D eigenvalue weighted by atomic mass is 16.2. The van der Waals surface area contributed by atoms with Gasteiger partial charge in [-0.1, -0.05) is 18.2 Å². The van der Waals surface area contributed by atoms with Crippen molar-refractivity contribution in [2.45, 2.75) is 32.4 Å². The summed E-state index contributed by atoms with van der Waals surface area (Å²) >= 11 is 0. The summed E-state index contributed by atoms with van der Waals surface area (Å²) < 4.78 is 0. The van der Waals surface area contributed by atoms with Gasteiger partial charge in [-0.05, 0) is 49.2 Å². The smallest absolute Gasteiger partial charge is 0.224 e. The molecule has 0 aliphatic carbocycles. The molecule has 0 spiro atoms. The fraction of sp³-hybridized carbons (Fsp3) is 0.263. The summed E-state index contributed by atoms with van der Waals surface area (Å²) in [5.41, 5.74) is 3.73. The van der Waals surface area contributed by atoms with Gasteiger partial charge in [0.1, 0.15) is 0 Å². The molecule has 4 nitrogen and oxygen atoms in total. The van der Waals surface area contributed by atoms with Gasteiger partial charge in [0.05, 0.1) is 17.7 Å². The molecule has 0 unspecified atom stereocenters. The number of para-hydroxylation sites is 1. The normalized spacial score (nSPS) is 19.6. The molecule has 3 rings (SSSR count). The third-order valence-electron chi connectivity index (χ3n) is 4.28. The van der Waals surface area contributed by atoms with Crippen LogP contribution in [0.1, 0.15) is 37.4 Å². The highest BCUT2D eigenvalue weighted by molar-refractivity contribution is 5.93. The van der Waals surface area contributed by atoms with Crippen LogP contribution in [0.25, 0.3) is 0 Å². The van der Waals surface area contributed by atoms with Crippen LogP contribution in [-0.4, -0.2) is 11.9 Å². The van der Waals surface area contributed by atoms with Crippen molar-refractivity contribution in [3.63, 3.8) is 0 Å². The third kappa shape index (κ3) is 2.91. The molecule has 1 N–H and O–H groups in total. The summed E-state index contributed by atoms with van der Waals surface area (Å²) in [5.74, 6) is 0.0711. The Hall–Kier alpha value is -2.80. The molecule has 0 aromatic heterocycles. The first-order valence-corrected chi connectivity index (χ1v) is 7.75. The second-order valence-electron chi connectivity index (χ2n) is 5.92. The molecule has 1 heterocycles. The Kier molecular flexibility index (Phi) is 4.03. The molecule has 23 heavy (non-hydrogen) atoms. The van der Waals surface area contributed by atoms with Crippen molar-refractivity contribution >= 4 is 17.3 Å². The van der Waals surface area contributed by atoms with Crippen molar-refractivity contribution in [2.75, 3.05) is 10.2 Å². The van der Waals surface area contributed by atoms with Crippen LogP contribution in [0.15, 0.2) is 48.5 Å². The highest BCUT2D eigenvalue weighted by Gasteiger charge is 2.31. The minimum Gasteiger partial charge on any atom is -0.378 e. The lowest BCUT2D eigenvalue weighted by Crippen LogP contribution is -2.43. The number of carbonyl (C=O) groups is 1. The SMILES string of the molecule is CC(=O)N1c2ccccc2[C@H](Nc2ccc(C#N)cc2)C[C@H]1C. The zero-order valence-corrected chi connectivity index (χ0v) is 13.3. The van der Waals surface area contributed by atoms with E-state index in [0.29, 0.717) is 5.56 Å². The maximum atomic E-state index is 12.0. The molecule has 0 saturated heterocycles. The van der Waals surface area contributed by atoms with Crippen LogP contribution in [0.5, 0.6) is 0 Å². The van der Waals surface area contributed by atoms with Crippen molar-refractivity contribution in [3.05, 3.63) is 59.7 Å². The van der Waals surface area contributed by atoms with E-state index >= 15 is 0 Å². The van der Waals surface area contributed by atoms with Crippen molar-refractivity contribution in [1.82, 2.24) is 0 Å². The summed E-state index contributed by atoms with van der Waals surface area (Å²) in [4.78, 5) is 13.8. The average Bonchev–Trinajstić information content (AvgIpc) is 2.55. The standard InChI is InChI=1S/C19H19N3O/c1-13-11-18(21-16-9-7-15(12-20)8-10-16)17-5-3-4-6-19(17)22(13)14(2)23/h3-10,13,18,21H,11H2,1-2H3/t13-,18-/m1/s1. The van der Waals surface area contributed by atoms with Crippen LogP contribution < -0.4 is 10.2 Å². The number of amides is 1. The number of benzene rings is 2. The van der Waals surface area contributed by atoms with Crippen molar-refractivity contribution in [1.29, 1.82) is 5.26 Å². The number of hydrogen-bond acceptors (Lipinski definition) is 3. The second-order valence-corrected chi connectivity index (χ2v) is 5.92. The molecule has 0 radical (unpaired) electrons. The van der Waals surface area contributed by atoms with Gasteiger partial charge in [-0.2, -0.15) is 5.26 Å². The summed E-state index contributed by atoms with van der Waals surface area (Å²) in [6.45, 7) is 3.69. The zero-order valence-electron chi connectivity index (χ0n) is 13.3. The van der Waals surface area contributed by atoms with E-state index in [1.807, 2.05) is 47.4 Å². The fourth-order valence-corrected chi connectivity index (χ4v) is 3.27. The molecule has 0 saturated carbocycles. The number of rotatable bonds is 2. The number of fused-ring (bicyclic) bond motifs is 1. The van der Waals surface area contributed by atoms with E-state index in [1.54, 1.807) is 6.92 Å². The van der Waals surface area contributed by atoms with Gasteiger partial charge in [0.25, 0.3) is 0 Å². The first-order chi connectivity index (χ1) is 11.1. The highest BCUT2D eigenvalue weighted by Crippen LogP contribution is 2.38. The molecular formula is C19H19N3O. The van der Waals surface area contributed by atoms with E-state index in [9.17, 15) is 4.79 Å². The molecule has 2 aromatic rings. The van der Waals surface area contributed by atoms with Crippen molar-refractivity contribution < 1.29 is 4.79 Å². The molecule has 1 aliphatic rings. The Labute approximate surface area is 136 Å². The average molecular weight is 305 g/mol. The third-order valence-corrected chi connectivity index (χ3v) is 4.28. The van der Waals surface area contributed by atoms with Crippen LogP contribution >= 0.6 is 0 Å². The number of carbonyl (C=O) groups excluding carboxylic acids is 1. The minimum absolute atomic E-state index is 0.0711. The van der Waals surface area contributed by atoms with E-state index in [1.165, 1.54) is 0 Å². The minimum atomic E-state index is 0.0711. The number of anilines is 2. The van der Waals surface area contributed by atoms with E-state index in [4.69, 9.17) is 5.26 Å². The van der Waals surface area contributed by atoms with E-state index in [0.717, 1.165) is 23.4 Å². The number of nitrogens with zero attached hydrogens (tertiary/aromatic N) is 2. The molecule has 0 bridgehead atoms. The van der Waals surface area contributed by atoms with Gasteiger partial charge in [-0.15, -0.1) is 0 Å². The number of nitrogens with one attached hydrogen (secondary N) is 1. The predicted octanol–water partition coefficient (Wildman–Crippen LogP) is 3.86. The molecular weight excluding hydrogens is 286 g/mol. The zero-order chi connectivity index (χ0) is 16.4. The largest absolute Gasteiger partial charge is 0.378 e. The Morgan fingerprint density at radius 3 is 2.57 bits per heavy atom. The molecule has 2 atom stereocenters. The maximum absolute atomic E-state index is 12.0. The topological polar surface area (TPSA) is 56.1 Å². The Bertz CT molecular complexity index is 761. The molecule has 0 fully saturated rings. The second kappa shape index (κ2) is 6.13. The maximum Gasteiger partial charge on any atom is 0.224 e. The summed E-state index contributed by atoms with van der Waals surface area (Å²) in [6.07, 6.45) is 0.844. The lowest BCUT2D eigenvalue weighted by molar-refractivity contribution is -0.117. The molecule has 1 amide bonds. The first kappa shape index (κ1) is 15.1.